The van der Waals surface area contributed by atoms with E-state index in [-0.39, 0.29) is 5.82 Å². The number of hydrogen-bond donors (Lipinski definition) is 1. The fraction of sp³-hybridized carbons (Fsp3) is 0.143. The molecule has 0 atom stereocenters. The van der Waals surface area contributed by atoms with Crippen molar-refractivity contribution < 1.29 is 8.91 Å². The van der Waals surface area contributed by atoms with E-state index in [1.807, 2.05) is 26.8 Å². The molecule has 27 heavy (non-hydrogen) atoms. The molecular formula is C21H19FN4O. The minimum atomic E-state index is -0.306. The van der Waals surface area contributed by atoms with Crippen molar-refractivity contribution in [1.29, 1.82) is 0 Å². The highest BCUT2D eigenvalue weighted by atomic mass is 19.1. The van der Waals surface area contributed by atoms with Gasteiger partial charge in [0.15, 0.2) is 0 Å². The summed E-state index contributed by atoms with van der Waals surface area (Å²) in [5, 5.41) is 7.42. The molecule has 4 rings (SSSR count). The third-order valence-electron chi connectivity index (χ3n) is 4.57. The standard InChI is InChI=1S/C21H19FN4O/c1-13-4-5-16(21-14(2)25-27-15(21)3)10-19(13)24-17-6-7-18(22)20(11-17)26-9-8-23-12-26/h4-12,24H,1-3H3. The lowest BCUT2D eigenvalue weighted by atomic mass is 10.0. The maximum absolute atomic E-state index is 14.2. The number of aryl methyl sites for hydroxylation is 3. The number of nitrogens with one attached hydrogen (secondary N) is 1. The number of nitrogens with zero attached hydrogens (tertiary/aromatic N) is 3. The SMILES string of the molecule is Cc1ccc(-c2c(C)noc2C)cc1Nc1ccc(F)c(-n2ccnc2)c1. The molecule has 2 aromatic carbocycles. The van der Waals surface area contributed by atoms with Crippen LogP contribution in [0, 0.1) is 26.6 Å². The van der Waals surface area contributed by atoms with E-state index in [1.165, 1.54) is 6.07 Å². The van der Waals surface area contributed by atoms with Crippen molar-refractivity contribution in [3.05, 3.63) is 78.0 Å². The molecule has 0 saturated heterocycles. The predicted octanol–water partition coefficient (Wildman–Crippen LogP) is 5.34. The van der Waals surface area contributed by atoms with Gasteiger partial charge < -0.3 is 14.4 Å². The highest BCUT2D eigenvalue weighted by Gasteiger charge is 2.13. The Morgan fingerprint density at radius 1 is 1.07 bits per heavy atom. The van der Waals surface area contributed by atoms with Gasteiger partial charge in [0, 0.05) is 29.3 Å². The lowest BCUT2D eigenvalue weighted by Gasteiger charge is -2.13. The van der Waals surface area contributed by atoms with Gasteiger partial charge in [0.1, 0.15) is 11.6 Å². The van der Waals surface area contributed by atoms with Gasteiger partial charge in [-0.15, -0.1) is 0 Å². The molecule has 0 bridgehead atoms. The Morgan fingerprint density at radius 3 is 2.63 bits per heavy atom. The molecule has 0 unspecified atom stereocenters. The Balaban J connectivity index is 1.71. The van der Waals surface area contributed by atoms with Crippen molar-refractivity contribution in [2.75, 3.05) is 5.32 Å². The quantitative estimate of drug-likeness (QED) is 0.533. The van der Waals surface area contributed by atoms with Crippen molar-refractivity contribution >= 4 is 11.4 Å². The van der Waals surface area contributed by atoms with Crippen LogP contribution >= 0.6 is 0 Å². The van der Waals surface area contributed by atoms with Crippen LogP contribution in [0.15, 0.2) is 59.6 Å². The lowest BCUT2D eigenvalue weighted by molar-refractivity contribution is 0.393. The summed E-state index contributed by atoms with van der Waals surface area (Å²) in [5.41, 5.74) is 6.13. The zero-order valence-corrected chi connectivity index (χ0v) is 15.3. The van der Waals surface area contributed by atoms with Gasteiger partial charge in [-0.05, 0) is 56.2 Å². The zero-order valence-electron chi connectivity index (χ0n) is 15.3. The van der Waals surface area contributed by atoms with Crippen molar-refractivity contribution in [2.45, 2.75) is 20.8 Å². The van der Waals surface area contributed by atoms with Crippen LogP contribution in [-0.4, -0.2) is 14.7 Å². The molecule has 6 heteroatoms. The molecule has 0 saturated carbocycles. The van der Waals surface area contributed by atoms with Crippen molar-refractivity contribution in [3.63, 3.8) is 0 Å². The van der Waals surface area contributed by atoms with Crippen LogP contribution in [0.3, 0.4) is 0 Å². The third kappa shape index (κ3) is 3.21. The minimum Gasteiger partial charge on any atom is -0.361 e. The molecule has 0 radical (unpaired) electrons. The van der Waals surface area contributed by atoms with Gasteiger partial charge in [-0.2, -0.15) is 0 Å². The molecule has 0 aliphatic heterocycles. The summed E-state index contributed by atoms with van der Waals surface area (Å²) in [4.78, 5) is 3.99. The molecule has 0 amide bonds. The average molecular weight is 362 g/mol. The van der Waals surface area contributed by atoms with Crippen molar-refractivity contribution in [1.82, 2.24) is 14.7 Å². The second-order valence-corrected chi connectivity index (χ2v) is 6.49. The molecular weight excluding hydrogens is 343 g/mol. The molecule has 0 aliphatic rings. The molecule has 0 aliphatic carbocycles. The van der Waals surface area contributed by atoms with Crippen molar-refractivity contribution in [2.24, 2.45) is 0 Å². The Labute approximate surface area is 156 Å². The molecule has 4 aromatic rings. The van der Waals surface area contributed by atoms with Gasteiger partial charge in [0.05, 0.1) is 17.7 Å². The first-order valence-corrected chi connectivity index (χ1v) is 8.62. The van der Waals surface area contributed by atoms with Crippen LogP contribution in [0.25, 0.3) is 16.8 Å². The summed E-state index contributed by atoms with van der Waals surface area (Å²) < 4.78 is 21.1. The first-order valence-electron chi connectivity index (χ1n) is 8.62. The van der Waals surface area contributed by atoms with Crippen LogP contribution in [0.1, 0.15) is 17.0 Å². The molecule has 136 valence electrons. The second-order valence-electron chi connectivity index (χ2n) is 6.49. The van der Waals surface area contributed by atoms with E-state index in [2.05, 4.69) is 27.6 Å². The highest BCUT2D eigenvalue weighted by Crippen LogP contribution is 2.32. The summed E-state index contributed by atoms with van der Waals surface area (Å²) >= 11 is 0. The number of aromatic nitrogens is 3. The number of halogens is 1. The lowest BCUT2D eigenvalue weighted by Crippen LogP contribution is -1.99. The van der Waals surface area contributed by atoms with E-state index in [9.17, 15) is 4.39 Å². The fourth-order valence-electron chi connectivity index (χ4n) is 3.15. The Morgan fingerprint density at radius 2 is 1.93 bits per heavy atom. The van der Waals surface area contributed by atoms with Gasteiger partial charge in [0.25, 0.3) is 0 Å². The number of benzene rings is 2. The van der Waals surface area contributed by atoms with Crippen LogP contribution in [0.2, 0.25) is 0 Å². The minimum absolute atomic E-state index is 0.306. The summed E-state index contributed by atoms with van der Waals surface area (Å²) in [5.74, 6) is 0.478. The number of hydrogen-bond acceptors (Lipinski definition) is 4. The van der Waals surface area contributed by atoms with Gasteiger partial charge in [-0.1, -0.05) is 17.3 Å². The van der Waals surface area contributed by atoms with Crippen LogP contribution in [0.4, 0.5) is 15.8 Å². The molecule has 1 N–H and O–H groups in total. The molecule has 2 aromatic heterocycles. The van der Waals surface area contributed by atoms with E-state index in [0.29, 0.717) is 5.69 Å². The zero-order chi connectivity index (χ0) is 19.0. The Hall–Kier alpha value is -3.41. The van der Waals surface area contributed by atoms with Crippen LogP contribution in [-0.2, 0) is 0 Å². The van der Waals surface area contributed by atoms with E-state index in [4.69, 9.17) is 4.52 Å². The summed E-state index contributed by atoms with van der Waals surface area (Å²) in [6.45, 7) is 5.86. The normalized spacial score (nSPS) is 11.0. The maximum atomic E-state index is 14.2. The first-order chi connectivity index (χ1) is 13.0. The number of imidazole rings is 1. The van der Waals surface area contributed by atoms with E-state index >= 15 is 0 Å². The van der Waals surface area contributed by atoms with E-state index < -0.39 is 0 Å². The van der Waals surface area contributed by atoms with Gasteiger partial charge in [-0.25, -0.2) is 9.37 Å². The topological polar surface area (TPSA) is 55.9 Å². The average Bonchev–Trinajstić information content (AvgIpc) is 3.29. The molecule has 0 spiro atoms. The molecule has 5 nitrogen and oxygen atoms in total. The number of rotatable bonds is 4. The predicted molar refractivity (Wildman–Crippen MR) is 103 cm³/mol. The third-order valence-corrected chi connectivity index (χ3v) is 4.57. The highest BCUT2D eigenvalue weighted by molar-refractivity contribution is 5.75. The van der Waals surface area contributed by atoms with E-state index in [0.717, 1.165) is 39.5 Å². The summed E-state index contributed by atoms with van der Waals surface area (Å²) in [7, 11) is 0. The van der Waals surface area contributed by atoms with Gasteiger partial charge >= 0.3 is 0 Å². The largest absolute Gasteiger partial charge is 0.361 e. The van der Waals surface area contributed by atoms with Gasteiger partial charge in [0.2, 0.25) is 0 Å². The molecule has 2 heterocycles. The maximum Gasteiger partial charge on any atom is 0.147 e. The van der Waals surface area contributed by atoms with E-state index in [1.54, 1.807) is 35.4 Å². The fourth-order valence-corrected chi connectivity index (χ4v) is 3.15. The van der Waals surface area contributed by atoms with Crippen LogP contribution < -0.4 is 5.32 Å². The van der Waals surface area contributed by atoms with Crippen LogP contribution in [0.5, 0.6) is 0 Å². The second kappa shape index (κ2) is 6.72. The Bertz CT molecular complexity index is 1080. The Kier molecular flexibility index (Phi) is 4.24. The smallest absolute Gasteiger partial charge is 0.147 e. The number of anilines is 2. The monoisotopic (exact) mass is 362 g/mol. The van der Waals surface area contributed by atoms with Crippen molar-refractivity contribution in [3.8, 4) is 16.8 Å². The molecule has 0 fully saturated rings. The summed E-state index contributed by atoms with van der Waals surface area (Å²) in [6, 6.07) is 11.1. The first kappa shape index (κ1) is 17.0. The summed E-state index contributed by atoms with van der Waals surface area (Å²) in [6.07, 6.45) is 4.91. The van der Waals surface area contributed by atoms with Gasteiger partial charge in [-0.3, -0.25) is 0 Å².